The summed E-state index contributed by atoms with van der Waals surface area (Å²) in [5.41, 5.74) is 0.600. The van der Waals surface area contributed by atoms with Crippen LogP contribution in [0.25, 0.3) is 0 Å². The molecule has 0 aliphatic rings. The molecular formula is C16H34. The number of unbranched alkanes of at least 4 members (excludes halogenated alkanes) is 5. The number of rotatable bonds is 10. The van der Waals surface area contributed by atoms with Crippen LogP contribution in [0.3, 0.4) is 0 Å². The van der Waals surface area contributed by atoms with Crippen LogP contribution >= 0.6 is 0 Å². The first-order valence-electron chi connectivity index (χ1n) is 7.56. The summed E-state index contributed by atoms with van der Waals surface area (Å²) in [6.07, 6.45) is 12.7. The van der Waals surface area contributed by atoms with E-state index in [0.717, 1.165) is 5.92 Å². The van der Waals surface area contributed by atoms with E-state index in [-0.39, 0.29) is 0 Å². The molecule has 0 saturated heterocycles. The highest BCUT2D eigenvalue weighted by molar-refractivity contribution is 4.77. The van der Waals surface area contributed by atoms with Gasteiger partial charge >= 0.3 is 0 Å². The van der Waals surface area contributed by atoms with Crippen molar-refractivity contribution in [3.05, 3.63) is 0 Å². The van der Waals surface area contributed by atoms with Crippen molar-refractivity contribution in [2.24, 2.45) is 11.3 Å². The number of hydrogen-bond acceptors (Lipinski definition) is 0. The first-order valence-corrected chi connectivity index (χ1v) is 7.56. The van der Waals surface area contributed by atoms with Crippen molar-refractivity contribution in [1.29, 1.82) is 0 Å². The molecule has 0 saturated carbocycles. The second kappa shape index (κ2) is 9.07. The second-order valence-corrected chi connectivity index (χ2v) is 6.08. The van der Waals surface area contributed by atoms with Crippen molar-refractivity contribution in [1.82, 2.24) is 0 Å². The highest BCUT2D eigenvalue weighted by Crippen LogP contribution is 2.38. The summed E-state index contributed by atoms with van der Waals surface area (Å²) in [6, 6.07) is 0. The van der Waals surface area contributed by atoms with Crippen LogP contribution in [-0.2, 0) is 0 Å². The predicted molar refractivity (Wildman–Crippen MR) is 75.8 cm³/mol. The standard InChI is InChI=1S/C16H34/c1-6-8-10-12-14-16(5,15(3)4)13-11-9-7-2/h15H,6-14H2,1-5H3. The number of hydrogen-bond donors (Lipinski definition) is 0. The monoisotopic (exact) mass is 226 g/mol. The smallest absolute Gasteiger partial charge is 0.0303 e. The molecule has 0 fully saturated rings. The highest BCUT2D eigenvalue weighted by atomic mass is 14.3. The van der Waals surface area contributed by atoms with Crippen LogP contribution in [0.5, 0.6) is 0 Å². The zero-order chi connectivity index (χ0) is 12.4. The Balaban J connectivity index is 3.91. The van der Waals surface area contributed by atoms with Crippen molar-refractivity contribution in [3.8, 4) is 0 Å². The average Bonchev–Trinajstić information content (AvgIpc) is 2.25. The maximum atomic E-state index is 2.51. The van der Waals surface area contributed by atoms with Gasteiger partial charge in [-0.1, -0.05) is 79.6 Å². The van der Waals surface area contributed by atoms with Crippen molar-refractivity contribution in [3.63, 3.8) is 0 Å². The molecule has 0 heterocycles. The largest absolute Gasteiger partial charge is 0.0654 e. The third-order valence-electron chi connectivity index (χ3n) is 4.35. The van der Waals surface area contributed by atoms with Crippen LogP contribution in [0, 0.1) is 11.3 Å². The van der Waals surface area contributed by atoms with Crippen molar-refractivity contribution < 1.29 is 0 Å². The van der Waals surface area contributed by atoms with E-state index in [1.807, 2.05) is 0 Å². The minimum Gasteiger partial charge on any atom is -0.0654 e. The molecule has 0 aromatic rings. The SMILES string of the molecule is CCCCCCC(C)(CCCCC)C(C)C. The van der Waals surface area contributed by atoms with Gasteiger partial charge in [-0.25, -0.2) is 0 Å². The van der Waals surface area contributed by atoms with Gasteiger partial charge in [0.25, 0.3) is 0 Å². The van der Waals surface area contributed by atoms with Crippen LogP contribution in [0.1, 0.15) is 92.4 Å². The Hall–Kier alpha value is 0. The Kier molecular flexibility index (Phi) is 9.07. The normalized spacial score (nSPS) is 15.4. The quantitative estimate of drug-likeness (QED) is 0.389. The van der Waals surface area contributed by atoms with Gasteiger partial charge in [-0.05, 0) is 24.2 Å². The molecule has 0 bridgehead atoms. The maximum absolute atomic E-state index is 2.51. The molecule has 0 rings (SSSR count). The van der Waals surface area contributed by atoms with Crippen LogP contribution < -0.4 is 0 Å². The van der Waals surface area contributed by atoms with Gasteiger partial charge in [0.05, 0.1) is 0 Å². The average molecular weight is 226 g/mol. The van der Waals surface area contributed by atoms with E-state index in [1.54, 1.807) is 0 Å². The molecule has 0 aromatic carbocycles. The summed E-state index contributed by atoms with van der Waals surface area (Å²) in [6.45, 7) is 11.9. The first kappa shape index (κ1) is 16.0. The van der Waals surface area contributed by atoms with Gasteiger partial charge in [-0.15, -0.1) is 0 Å². The van der Waals surface area contributed by atoms with Gasteiger partial charge in [-0.3, -0.25) is 0 Å². The predicted octanol–water partition coefficient (Wildman–Crippen LogP) is 6.20. The Morgan fingerprint density at radius 3 is 1.62 bits per heavy atom. The molecule has 0 aromatic heterocycles. The van der Waals surface area contributed by atoms with Crippen LogP contribution in [0.4, 0.5) is 0 Å². The lowest BCUT2D eigenvalue weighted by atomic mass is 9.71. The van der Waals surface area contributed by atoms with Gasteiger partial charge < -0.3 is 0 Å². The zero-order valence-corrected chi connectivity index (χ0v) is 12.4. The van der Waals surface area contributed by atoms with E-state index in [9.17, 15) is 0 Å². The topological polar surface area (TPSA) is 0 Å². The fourth-order valence-corrected chi connectivity index (χ4v) is 2.44. The molecule has 0 heteroatoms. The fraction of sp³-hybridized carbons (Fsp3) is 1.00. The second-order valence-electron chi connectivity index (χ2n) is 6.08. The van der Waals surface area contributed by atoms with Gasteiger partial charge in [0.2, 0.25) is 0 Å². The molecule has 0 aliphatic carbocycles. The molecule has 0 nitrogen and oxygen atoms in total. The van der Waals surface area contributed by atoms with Crippen LogP contribution in [-0.4, -0.2) is 0 Å². The molecule has 0 spiro atoms. The van der Waals surface area contributed by atoms with Crippen molar-refractivity contribution in [2.75, 3.05) is 0 Å². The van der Waals surface area contributed by atoms with Crippen molar-refractivity contribution >= 4 is 0 Å². The maximum Gasteiger partial charge on any atom is -0.0303 e. The Bertz CT molecular complexity index is 148. The lowest BCUT2D eigenvalue weighted by Gasteiger charge is -2.34. The summed E-state index contributed by atoms with van der Waals surface area (Å²) in [5, 5.41) is 0. The minimum absolute atomic E-state index is 0.600. The van der Waals surface area contributed by atoms with E-state index >= 15 is 0 Å². The summed E-state index contributed by atoms with van der Waals surface area (Å²) in [4.78, 5) is 0. The van der Waals surface area contributed by atoms with Crippen LogP contribution in [0.15, 0.2) is 0 Å². The molecule has 98 valence electrons. The molecule has 1 atom stereocenters. The summed E-state index contributed by atoms with van der Waals surface area (Å²) in [7, 11) is 0. The van der Waals surface area contributed by atoms with E-state index in [2.05, 4.69) is 34.6 Å². The highest BCUT2D eigenvalue weighted by Gasteiger charge is 2.26. The minimum atomic E-state index is 0.600. The molecular weight excluding hydrogens is 192 g/mol. The van der Waals surface area contributed by atoms with Crippen LogP contribution in [0.2, 0.25) is 0 Å². The summed E-state index contributed by atoms with van der Waals surface area (Å²) in [5.74, 6) is 0.839. The Morgan fingerprint density at radius 2 is 1.19 bits per heavy atom. The van der Waals surface area contributed by atoms with E-state index in [4.69, 9.17) is 0 Å². The molecule has 0 N–H and O–H groups in total. The van der Waals surface area contributed by atoms with E-state index < -0.39 is 0 Å². The van der Waals surface area contributed by atoms with Gasteiger partial charge in [0.1, 0.15) is 0 Å². The van der Waals surface area contributed by atoms with E-state index in [1.165, 1.54) is 57.8 Å². The molecule has 0 radical (unpaired) electrons. The van der Waals surface area contributed by atoms with Gasteiger partial charge in [-0.2, -0.15) is 0 Å². The molecule has 0 aliphatic heterocycles. The third kappa shape index (κ3) is 6.55. The zero-order valence-electron chi connectivity index (χ0n) is 12.4. The summed E-state index contributed by atoms with van der Waals surface area (Å²) < 4.78 is 0. The first-order chi connectivity index (χ1) is 7.56. The van der Waals surface area contributed by atoms with E-state index in [0.29, 0.717) is 5.41 Å². The lowest BCUT2D eigenvalue weighted by molar-refractivity contribution is 0.169. The van der Waals surface area contributed by atoms with Gasteiger partial charge in [0, 0.05) is 0 Å². The fourth-order valence-electron chi connectivity index (χ4n) is 2.44. The van der Waals surface area contributed by atoms with Gasteiger partial charge in [0.15, 0.2) is 0 Å². The molecule has 16 heavy (non-hydrogen) atoms. The third-order valence-corrected chi connectivity index (χ3v) is 4.35. The Morgan fingerprint density at radius 1 is 0.750 bits per heavy atom. The summed E-state index contributed by atoms with van der Waals surface area (Å²) >= 11 is 0. The molecule has 1 unspecified atom stereocenters. The van der Waals surface area contributed by atoms with Crippen molar-refractivity contribution in [2.45, 2.75) is 92.4 Å². The lowest BCUT2D eigenvalue weighted by Crippen LogP contribution is -2.23. The Labute approximate surface area is 104 Å². The molecule has 0 amide bonds.